The number of hydrogen-bond donors (Lipinski definition) is 4. The van der Waals surface area contributed by atoms with E-state index >= 15 is 8.78 Å². The van der Waals surface area contributed by atoms with E-state index < -0.39 is 193 Å². The van der Waals surface area contributed by atoms with Gasteiger partial charge in [0, 0.05) is 241 Å². The number of piperidine rings is 4. The molecule has 32 heteroatoms. The number of aryl methyl sites for hydroxylation is 4. The van der Waals surface area contributed by atoms with Crippen LogP contribution in [0.1, 0.15) is 471 Å². The number of nitrogens with one attached hydrogen (secondary N) is 4. The molecule has 8 bridgehead atoms. The maximum absolute atomic E-state index is 15.0. The summed E-state index contributed by atoms with van der Waals surface area (Å²) in [5.41, 5.74) is 2.71. The van der Waals surface area contributed by atoms with Gasteiger partial charge in [0.2, 0.25) is 47.3 Å². The molecule has 24 nitrogen and oxygen atoms in total. The van der Waals surface area contributed by atoms with E-state index in [1.54, 1.807) is 107 Å². The van der Waals surface area contributed by atoms with Gasteiger partial charge in [-0.1, -0.05) is 176 Å². The van der Waals surface area contributed by atoms with Gasteiger partial charge in [0.1, 0.15) is 46.6 Å². The average Bonchev–Trinajstić information content (AvgIpc) is 0.685. The number of aromatic nitrogens is 12. The van der Waals surface area contributed by atoms with E-state index in [0.717, 1.165) is 81.3 Å². The highest BCUT2D eigenvalue weighted by Crippen LogP contribution is 2.50. The maximum atomic E-state index is 15.0. The Morgan fingerprint density at radius 3 is 0.757 bits per heavy atom. The Hall–Kier alpha value is -9.40. The Kier molecular flexibility index (Phi) is 24.6. The van der Waals surface area contributed by atoms with Gasteiger partial charge in [-0.3, -0.25) is 38.8 Å². The zero-order valence-electron chi connectivity index (χ0n) is 117. The molecule has 20 rings (SSSR count). The first-order valence-corrected chi connectivity index (χ1v) is 52.9. The molecule has 12 fully saturated rings. The number of fused-ring (bicyclic) bond motifs is 8. The molecule has 16 unspecified atom stereocenters. The number of carbonyl (C=O) groups excluding carboxylic acids is 4. The zero-order valence-corrected chi connectivity index (χ0v) is 85.4. The van der Waals surface area contributed by atoms with Crippen LogP contribution in [0.2, 0.25) is 0 Å². The van der Waals surface area contributed by atoms with Crippen molar-refractivity contribution < 1.29 is 98.2 Å². The van der Waals surface area contributed by atoms with Crippen LogP contribution in [0.5, 0.6) is 0 Å². The van der Waals surface area contributed by atoms with Crippen LogP contribution < -0.4 is 21.3 Å². The first-order valence-electron chi connectivity index (χ1n) is 68.9. The van der Waals surface area contributed by atoms with Crippen molar-refractivity contribution in [3.05, 3.63) is 190 Å². The number of benzene rings is 4. The third-order valence-corrected chi connectivity index (χ3v) is 32.3. The van der Waals surface area contributed by atoms with E-state index in [0.29, 0.717) is 122 Å². The second-order valence-electron chi connectivity index (χ2n) is 42.7. The lowest BCUT2D eigenvalue weighted by Crippen LogP contribution is -2.45. The fraction of sp³-hybridized carbons (Fsp3) is 0.690. The molecule has 16 atom stereocenters. The topological polar surface area (TPSA) is 252 Å². The summed E-state index contributed by atoms with van der Waals surface area (Å²) in [6.07, 6.45) is -19.8. The predicted molar refractivity (Wildman–Crippen MR) is 558 cm³/mol. The van der Waals surface area contributed by atoms with Gasteiger partial charge in [-0.2, -0.15) is 0 Å². The third kappa shape index (κ3) is 26.7. The Morgan fingerprint density at radius 2 is 0.527 bits per heavy atom. The monoisotopic (exact) mass is 2090 g/mol. The largest absolute Gasteiger partial charge is 0.349 e. The highest BCUT2D eigenvalue weighted by molar-refractivity contribution is 5.81. The second-order valence-corrected chi connectivity index (χ2v) is 42.7. The molecule has 4 amide bonds. The number of amides is 4. The second kappa shape index (κ2) is 48.3. The number of carbonyl (C=O) groups is 4. The quantitative estimate of drug-likeness (QED) is 0.0286. The van der Waals surface area contributed by atoms with Crippen LogP contribution in [0.3, 0.4) is 0 Å². The van der Waals surface area contributed by atoms with Crippen molar-refractivity contribution in [2.75, 3.05) is 26.1 Å². The Bertz CT molecular complexity index is 7040. The Labute approximate surface area is 916 Å². The molecule has 8 aromatic rings. The van der Waals surface area contributed by atoms with Crippen LogP contribution in [0, 0.1) is 51.4 Å². The van der Waals surface area contributed by atoms with Crippen molar-refractivity contribution >= 4 is 23.6 Å². The molecular weight excluding hydrogens is 1890 g/mol. The van der Waals surface area contributed by atoms with Gasteiger partial charge in [-0.25, -0.2) is 35.1 Å². The Morgan fingerprint density at radius 1 is 0.311 bits per heavy atom. The van der Waals surface area contributed by atoms with E-state index in [2.05, 4.69) is 76.4 Å². The van der Waals surface area contributed by atoms with Crippen LogP contribution >= 0.6 is 0 Å². The number of halogens is 8. The van der Waals surface area contributed by atoms with Crippen LogP contribution in [-0.4, -0.2) is 200 Å². The van der Waals surface area contributed by atoms with Crippen LogP contribution in [-0.2, 0) is 19.2 Å². The lowest BCUT2D eigenvalue weighted by atomic mass is 9.86. The average molecular weight is 2090 g/mol. The summed E-state index contributed by atoms with van der Waals surface area (Å²) in [5, 5.41) is 44.9. The van der Waals surface area contributed by atoms with Crippen molar-refractivity contribution in [3.8, 4) is 0 Å². The lowest BCUT2D eigenvalue weighted by molar-refractivity contribution is -0.131. The van der Waals surface area contributed by atoms with E-state index in [9.17, 15) is 51.0 Å². The molecule has 0 spiro atoms. The van der Waals surface area contributed by atoms with Gasteiger partial charge in [0.25, 0.3) is 0 Å². The Balaban J connectivity index is 0.000000159. The molecular formula is C116H164F8N20O4. The van der Waals surface area contributed by atoms with Crippen molar-refractivity contribution in [2.45, 2.75) is 458 Å². The van der Waals surface area contributed by atoms with Gasteiger partial charge in [-0.15, -0.1) is 40.8 Å². The molecule has 808 valence electrons. The van der Waals surface area contributed by atoms with Crippen LogP contribution in [0.4, 0.5) is 35.1 Å². The van der Waals surface area contributed by atoms with Gasteiger partial charge >= 0.3 is 0 Å². The van der Waals surface area contributed by atoms with Gasteiger partial charge in [-0.05, 0) is 230 Å². The minimum Gasteiger partial charge on any atom is -0.349 e. The summed E-state index contributed by atoms with van der Waals surface area (Å²) in [5.74, 6) is -24.3. The SMILES string of the molecule is [2H]C([2H])([2H])C(C)c1nnc(C)n1C1CC2CCC(C1)N2C([2H])([2H])CC(NC(=O)C1C([2H])([2H])C([2H])([2H])C(F)(F)C([2H])([2H])C1([2H])[2H])c1ccccc1.[2H]C([2H])([2H])C(C)c1nnc(C)n1C1CC2CCC(C1)N2C([2H])([2H])CC(NC(=O)C1CCC(F)(F)CC1)c1ccccc1.[2H]C([2H])([2H])C(C)c1nnc(C)n1C1CC2CCC(C1)N2CCC(NC(=O)C1C([2H])([2H])C([2H])([2H])C(F)(F)C([2H])([2H])C1([2H])[2H])c1ccccc1.[2H]C([2H])([2H])C(C)c1nnc(C)n1C1CC2CCC(C1)N2CCC(NC(=O)C1CCC(F)(F)CC1)c1ccccc1. The standard InChI is InChI=1S/4C29H41F2N5O/c4*1-19(2)27-34-33-20(3)36(27)25-17-23-9-10-24(18-25)35(23)16-13-26(21-7-5-4-6-8-21)32-28(37)22-11-14-29(30,31)15-12-22/h4*4-8,19,22-26H,9-18H2,1-3H3,(H,32,37)/i1D3,11D2,12D2,14D2,15D2,16D2;1D3,11D2,12D2,14D2,15D2;1D3,16D2;1D3. The van der Waals surface area contributed by atoms with E-state index in [4.69, 9.17) is 38.4 Å². The lowest BCUT2D eigenvalue weighted by Gasteiger charge is -2.40. The van der Waals surface area contributed by atoms with Crippen molar-refractivity contribution in [3.63, 3.8) is 0 Å². The van der Waals surface area contributed by atoms with Gasteiger partial charge in [0.15, 0.2) is 0 Å². The first kappa shape index (κ1) is 75.4. The summed E-state index contributed by atoms with van der Waals surface area (Å²) in [7, 11) is 0. The highest BCUT2D eigenvalue weighted by Gasteiger charge is 2.50. The minimum absolute atomic E-state index is 0.0166. The molecule has 8 aliphatic heterocycles. The predicted octanol–water partition coefficient (Wildman–Crippen LogP) is 23.8. The van der Waals surface area contributed by atoms with E-state index in [-0.39, 0.29) is 148 Å². The highest BCUT2D eigenvalue weighted by atomic mass is 19.3. The third-order valence-electron chi connectivity index (χ3n) is 32.3. The van der Waals surface area contributed by atoms with Crippen LogP contribution in [0.25, 0.3) is 0 Å². The summed E-state index contributed by atoms with van der Waals surface area (Å²) in [6.45, 7) is 2.28. The molecule has 4 aliphatic carbocycles. The van der Waals surface area contributed by atoms with E-state index in [1.165, 1.54) is 0 Å². The van der Waals surface area contributed by atoms with Gasteiger partial charge < -0.3 is 39.5 Å². The molecule has 12 aliphatic rings. The van der Waals surface area contributed by atoms with Crippen molar-refractivity contribution in [1.82, 2.24) is 99.9 Å². The summed E-state index contributed by atoms with van der Waals surface area (Å²) in [6, 6.07) is 32.9. The molecule has 8 saturated heterocycles. The number of hydrogen-bond acceptors (Lipinski definition) is 16. The molecule has 4 saturated carbocycles. The summed E-state index contributed by atoms with van der Waals surface area (Å²) < 4.78 is 383. The molecule has 4 N–H and O–H groups in total. The summed E-state index contributed by atoms with van der Waals surface area (Å²) >= 11 is 0. The molecule has 0 radical (unpaired) electrons. The fourth-order valence-corrected chi connectivity index (χ4v) is 25.0. The molecule has 148 heavy (non-hydrogen) atoms. The first-order chi connectivity index (χ1) is 83.3. The number of nitrogens with zero attached hydrogens (tertiary/aromatic N) is 16. The summed E-state index contributed by atoms with van der Waals surface area (Å²) in [4.78, 5) is 62.4. The minimum atomic E-state index is -5.15. The van der Waals surface area contributed by atoms with Crippen molar-refractivity contribution in [1.29, 1.82) is 0 Å². The smallest absolute Gasteiger partial charge is 0.248 e. The van der Waals surface area contributed by atoms with Crippen molar-refractivity contribution in [2.24, 2.45) is 23.7 Å². The number of rotatable bonds is 32. The number of alkyl halides is 8. The van der Waals surface area contributed by atoms with E-state index in [1.807, 2.05) is 93.1 Å². The molecule has 4 aromatic carbocycles. The fourth-order valence-electron chi connectivity index (χ4n) is 25.0. The normalized spacial score (nSPS) is 34.1. The molecule has 4 aromatic heterocycles. The zero-order chi connectivity index (χ0) is 133. The van der Waals surface area contributed by atoms with Crippen LogP contribution in [0.15, 0.2) is 121 Å². The molecule has 12 heterocycles. The maximum Gasteiger partial charge on any atom is 0.248 e. The van der Waals surface area contributed by atoms with Gasteiger partial charge in [0.05, 0.1) is 24.2 Å².